The number of amides is 1. The average molecular weight is 340 g/mol. The number of hydrogen-bond acceptors (Lipinski definition) is 2. The van der Waals surface area contributed by atoms with E-state index in [1.807, 2.05) is 0 Å². The van der Waals surface area contributed by atoms with E-state index in [9.17, 15) is 14.0 Å². The monoisotopic (exact) mass is 339 g/mol. The quantitative estimate of drug-likeness (QED) is 0.888. The molecular weight excluding hydrogens is 321 g/mol. The highest BCUT2D eigenvalue weighted by Gasteiger charge is 2.47. The van der Waals surface area contributed by atoms with Crippen molar-refractivity contribution >= 4 is 23.5 Å². The molecule has 0 aromatic heterocycles. The van der Waals surface area contributed by atoms with Gasteiger partial charge in [0.25, 0.3) is 0 Å². The van der Waals surface area contributed by atoms with Gasteiger partial charge in [0, 0.05) is 23.6 Å². The molecule has 6 heteroatoms. The van der Waals surface area contributed by atoms with E-state index in [0.29, 0.717) is 23.6 Å². The number of halogens is 2. The number of aliphatic carboxylic acids is 1. The van der Waals surface area contributed by atoms with Crippen LogP contribution in [0.2, 0.25) is 5.02 Å². The molecule has 2 aliphatic rings. The molecule has 4 nitrogen and oxygen atoms in total. The smallest absolute Gasteiger partial charge is 0.303 e. The van der Waals surface area contributed by atoms with E-state index in [-0.39, 0.29) is 24.8 Å². The second-order valence-electron chi connectivity index (χ2n) is 6.63. The third kappa shape index (κ3) is 3.34. The van der Waals surface area contributed by atoms with Crippen molar-refractivity contribution in [1.82, 2.24) is 4.90 Å². The second kappa shape index (κ2) is 6.11. The topological polar surface area (TPSA) is 57.6 Å². The maximum absolute atomic E-state index is 14.2. The van der Waals surface area contributed by atoms with Crippen LogP contribution in [0.1, 0.15) is 50.1 Å². The molecule has 0 spiro atoms. The predicted molar refractivity (Wildman–Crippen MR) is 83.6 cm³/mol. The molecule has 2 fully saturated rings. The first-order chi connectivity index (χ1) is 10.9. The molecule has 0 bridgehead atoms. The van der Waals surface area contributed by atoms with Gasteiger partial charge in [0.2, 0.25) is 5.91 Å². The Morgan fingerprint density at radius 1 is 1.35 bits per heavy atom. The number of carbonyl (C=O) groups is 2. The number of carbonyl (C=O) groups excluding carboxylic acids is 1. The standard InChI is InChI=1S/C17H19ClFNO3/c18-11-3-1-4-12(19)16(11)13-5-2-8-20(13)14(21)9-17(6-7-17)10-15(22)23/h1,3-4,13H,2,5-10H2,(H,22,23). The summed E-state index contributed by atoms with van der Waals surface area (Å²) in [6.45, 7) is 0.567. The van der Waals surface area contributed by atoms with Gasteiger partial charge in [-0.25, -0.2) is 4.39 Å². The Kier molecular flexibility index (Phi) is 4.32. The van der Waals surface area contributed by atoms with Gasteiger partial charge in [-0.2, -0.15) is 0 Å². The molecule has 1 saturated carbocycles. The first-order valence-electron chi connectivity index (χ1n) is 7.87. The highest BCUT2D eigenvalue weighted by Crippen LogP contribution is 2.52. The largest absolute Gasteiger partial charge is 0.481 e. The summed E-state index contributed by atoms with van der Waals surface area (Å²) in [6.07, 6.45) is 3.26. The zero-order valence-corrected chi connectivity index (χ0v) is 13.5. The van der Waals surface area contributed by atoms with Gasteiger partial charge in [-0.3, -0.25) is 9.59 Å². The second-order valence-corrected chi connectivity index (χ2v) is 7.03. The van der Waals surface area contributed by atoms with Crippen LogP contribution in [-0.4, -0.2) is 28.4 Å². The number of carboxylic acid groups (broad SMARTS) is 1. The minimum absolute atomic E-state index is 0.0255. The fourth-order valence-electron chi connectivity index (χ4n) is 3.53. The lowest BCUT2D eigenvalue weighted by molar-refractivity contribution is -0.139. The Labute approximate surface area is 139 Å². The molecule has 1 aromatic carbocycles. The Bertz CT molecular complexity index is 624. The molecule has 1 heterocycles. The number of rotatable bonds is 5. The summed E-state index contributed by atoms with van der Waals surface area (Å²) >= 11 is 6.14. The van der Waals surface area contributed by atoms with Gasteiger partial charge in [0.15, 0.2) is 0 Å². The third-order valence-corrected chi connectivity index (χ3v) is 5.25. The number of likely N-dealkylation sites (tertiary alicyclic amines) is 1. The van der Waals surface area contributed by atoms with Crippen LogP contribution in [0.15, 0.2) is 18.2 Å². The number of benzene rings is 1. The first-order valence-corrected chi connectivity index (χ1v) is 8.25. The number of carboxylic acids is 1. The van der Waals surface area contributed by atoms with E-state index in [1.165, 1.54) is 6.07 Å². The van der Waals surface area contributed by atoms with Gasteiger partial charge < -0.3 is 10.0 Å². The number of nitrogens with zero attached hydrogens (tertiary/aromatic N) is 1. The molecule has 1 saturated heterocycles. The molecule has 23 heavy (non-hydrogen) atoms. The predicted octanol–water partition coefficient (Wildman–Crippen LogP) is 3.79. The van der Waals surface area contributed by atoms with Crippen LogP contribution in [0.5, 0.6) is 0 Å². The molecule has 1 aromatic rings. The van der Waals surface area contributed by atoms with Crippen LogP contribution in [0, 0.1) is 11.2 Å². The van der Waals surface area contributed by atoms with Crippen LogP contribution >= 0.6 is 11.6 Å². The van der Waals surface area contributed by atoms with Crippen molar-refractivity contribution in [3.63, 3.8) is 0 Å². The van der Waals surface area contributed by atoms with Gasteiger partial charge in [-0.1, -0.05) is 17.7 Å². The van der Waals surface area contributed by atoms with E-state index in [1.54, 1.807) is 17.0 Å². The third-order valence-electron chi connectivity index (χ3n) is 4.92. The fourth-order valence-corrected chi connectivity index (χ4v) is 3.82. The van der Waals surface area contributed by atoms with Gasteiger partial charge in [0.1, 0.15) is 5.82 Å². The highest BCUT2D eigenvalue weighted by atomic mass is 35.5. The van der Waals surface area contributed by atoms with Gasteiger partial charge in [0.05, 0.1) is 12.5 Å². The van der Waals surface area contributed by atoms with Gasteiger partial charge in [-0.15, -0.1) is 0 Å². The minimum atomic E-state index is -0.870. The Balaban J connectivity index is 1.77. The molecule has 3 rings (SSSR count). The lowest BCUT2D eigenvalue weighted by Gasteiger charge is -2.27. The molecule has 1 atom stereocenters. The summed E-state index contributed by atoms with van der Waals surface area (Å²) in [4.78, 5) is 25.3. The maximum Gasteiger partial charge on any atom is 0.303 e. The summed E-state index contributed by atoms with van der Waals surface area (Å²) in [5, 5.41) is 9.31. The van der Waals surface area contributed by atoms with Crippen molar-refractivity contribution in [1.29, 1.82) is 0 Å². The molecular formula is C17H19ClFNO3. The van der Waals surface area contributed by atoms with E-state index in [4.69, 9.17) is 16.7 Å². The van der Waals surface area contributed by atoms with E-state index < -0.39 is 17.2 Å². The maximum atomic E-state index is 14.2. The summed E-state index contributed by atoms with van der Waals surface area (Å²) in [5.41, 5.74) is -0.0159. The zero-order chi connectivity index (χ0) is 16.6. The molecule has 124 valence electrons. The Morgan fingerprint density at radius 2 is 2.09 bits per heavy atom. The van der Waals surface area contributed by atoms with Crippen molar-refractivity contribution in [3.05, 3.63) is 34.6 Å². The molecule has 1 N–H and O–H groups in total. The van der Waals surface area contributed by atoms with E-state index >= 15 is 0 Å². The van der Waals surface area contributed by atoms with Crippen molar-refractivity contribution in [2.45, 2.75) is 44.6 Å². The fraction of sp³-hybridized carbons (Fsp3) is 0.529. The van der Waals surface area contributed by atoms with Crippen molar-refractivity contribution < 1.29 is 19.1 Å². The summed E-state index contributed by atoms with van der Waals surface area (Å²) in [7, 11) is 0. The summed E-state index contributed by atoms with van der Waals surface area (Å²) < 4.78 is 14.2. The zero-order valence-electron chi connectivity index (χ0n) is 12.7. The van der Waals surface area contributed by atoms with Gasteiger partial charge in [-0.05, 0) is 43.2 Å². The lowest BCUT2D eigenvalue weighted by atomic mass is 9.96. The molecule has 0 radical (unpaired) electrons. The lowest BCUT2D eigenvalue weighted by Crippen LogP contribution is -2.33. The van der Waals surface area contributed by atoms with Crippen molar-refractivity contribution in [2.75, 3.05) is 6.54 Å². The van der Waals surface area contributed by atoms with Crippen molar-refractivity contribution in [2.24, 2.45) is 5.41 Å². The van der Waals surface area contributed by atoms with E-state index in [0.717, 1.165) is 19.3 Å². The minimum Gasteiger partial charge on any atom is -0.481 e. The summed E-state index contributed by atoms with van der Waals surface area (Å²) in [6, 6.07) is 4.19. The van der Waals surface area contributed by atoms with Crippen molar-refractivity contribution in [3.8, 4) is 0 Å². The van der Waals surface area contributed by atoms with Gasteiger partial charge >= 0.3 is 5.97 Å². The summed E-state index contributed by atoms with van der Waals surface area (Å²) in [5.74, 6) is -1.36. The normalized spacial score (nSPS) is 22.2. The average Bonchev–Trinajstić information content (AvgIpc) is 3.02. The highest BCUT2D eigenvalue weighted by molar-refractivity contribution is 6.31. The Hall–Kier alpha value is -1.62. The van der Waals surface area contributed by atoms with Crippen LogP contribution < -0.4 is 0 Å². The van der Waals surface area contributed by atoms with Crippen LogP contribution in [0.25, 0.3) is 0 Å². The van der Waals surface area contributed by atoms with Crippen LogP contribution in [0.3, 0.4) is 0 Å². The number of hydrogen-bond donors (Lipinski definition) is 1. The molecule has 1 aliphatic carbocycles. The SMILES string of the molecule is O=C(O)CC1(CC(=O)N2CCCC2c2c(F)cccc2Cl)CC1. The first kappa shape index (κ1) is 16.2. The van der Waals surface area contributed by atoms with Crippen LogP contribution in [-0.2, 0) is 9.59 Å². The van der Waals surface area contributed by atoms with Crippen LogP contribution in [0.4, 0.5) is 4.39 Å². The Morgan fingerprint density at radius 3 is 2.70 bits per heavy atom. The van der Waals surface area contributed by atoms with E-state index in [2.05, 4.69) is 0 Å². The molecule has 1 unspecified atom stereocenters. The molecule has 1 amide bonds. The molecule has 1 aliphatic heterocycles.